The smallest absolute Gasteiger partial charge is 0.275 e. The molecule has 6 heteroatoms. The number of aryl methyl sites for hydroxylation is 1. The molecule has 2 aromatic rings. The highest BCUT2D eigenvalue weighted by atomic mass is 16.5. The number of carbonyl (C=O) groups is 1. The zero-order chi connectivity index (χ0) is 17.5. The van der Waals surface area contributed by atoms with Gasteiger partial charge in [-0.25, -0.2) is 0 Å². The van der Waals surface area contributed by atoms with Crippen LogP contribution >= 0.6 is 0 Å². The van der Waals surface area contributed by atoms with Gasteiger partial charge < -0.3 is 19.6 Å². The van der Waals surface area contributed by atoms with Crippen molar-refractivity contribution in [3.05, 3.63) is 53.4 Å². The average molecular weight is 344 g/mol. The molecule has 0 radical (unpaired) electrons. The monoisotopic (exact) mass is 344 g/mol. The Bertz CT molecular complexity index is 663. The molecule has 0 spiro atoms. The van der Waals surface area contributed by atoms with Gasteiger partial charge in [-0.2, -0.15) is 0 Å². The van der Waals surface area contributed by atoms with E-state index in [0.29, 0.717) is 13.1 Å². The van der Waals surface area contributed by atoms with E-state index in [2.05, 4.69) is 22.6 Å². The summed E-state index contributed by atoms with van der Waals surface area (Å²) in [6.07, 6.45) is 0.886. The van der Waals surface area contributed by atoms with E-state index in [1.165, 1.54) is 15.4 Å². The van der Waals surface area contributed by atoms with Crippen molar-refractivity contribution in [3.8, 4) is 0 Å². The Balaban J connectivity index is 1.32. The molecule has 1 aliphatic heterocycles. The summed E-state index contributed by atoms with van der Waals surface area (Å²) in [5.74, 6) is 1.02. The number of amides is 1. The molecule has 25 heavy (non-hydrogen) atoms. The van der Waals surface area contributed by atoms with Crippen molar-refractivity contribution >= 4 is 5.91 Å². The number of hydrogen-bond donors (Lipinski definition) is 3. The molecule has 0 atom stereocenters. The van der Waals surface area contributed by atoms with Gasteiger partial charge in [-0.15, -0.1) is 0 Å². The maximum Gasteiger partial charge on any atom is 0.275 e. The van der Waals surface area contributed by atoms with Crippen molar-refractivity contribution in [1.82, 2.24) is 10.5 Å². The molecule has 134 valence electrons. The zero-order valence-corrected chi connectivity index (χ0v) is 14.9. The fourth-order valence-electron chi connectivity index (χ4n) is 3.35. The molecule has 1 fully saturated rings. The number of aromatic nitrogens is 1. The van der Waals surface area contributed by atoms with Crippen LogP contribution in [0.15, 0.2) is 40.9 Å². The molecule has 6 nitrogen and oxygen atoms in total. The van der Waals surface area contributed by atoms with Crippen LogP contribution in [0.4, 0.5) is 0 Å². The maximum absolute atomic E-state index is 12.1. The van der Waals surface area contributed by atoms with E-state index in [0.717, 1.165) is 50.6 Å². The van der Waals surface area contributed by atoms with Gasteiger partial charge in [0.1, 0.15) is 44.2 Å². The summed E-state index contributed by atoms with van der Waals surface area (Å²) in [6.45, 7) is 8.30. The molecular formula is C19H28N4O2+2. The van der Waals surface area contributed by atoms with E-state index in [9.17, 15) is 4.79 Å². The van der Waals surface area contributed by atoms with Gasteiger partial charge in [-0.3, -0.25) is 4.79 Å². The Morgan fingerprint density at radius 3 is 2.56 bits per heavy atom. The minimum atomic E-state index is 0.154. The normalized spacial score (nSPS) is 20.4. The standard InChI is InChI=1S/C19H26N4O2/c1-16-13-18(21-25-16)14-22-9-11-23(12-10-22)15-19(24)20-8-7-17-5-3-2-4-6-17/h2-6,13H,7-12,14-15H2,1H3,(H,20,24)/p+2. The van der Waals surface area contributed by atoms with Gasteiger partial charge in [-0.1, -0.05) is 35.5 Å². The quantitative estimate of drug-likeness (QED) is 0.581. The second-order valence-corrected chi connectivity index (χ2v) is 6.87. The lowest BCUT2D eigenvalue weighted by molar-refractivity contribution is -1.02. The minimum absolute atomic E-state index is 0.154. The summed E-state index contributed by atoms with van der Waals surface area (Å²) in [7, 11) is 0. The molecule has 0 bridgehead atoms. The lowest BCUT2D eigenvalue weighted by Gasteiger charge is -2.28. The van der Waals surface area contributed by atoms with Gasteiger partial charge in [0.05, 0.1) is 0 Å². The number of hydrogen-bond acceptors (Lipinski definition) is 3. The first-order valence-corrected chi connectivity index (χ1v) is 9.09. The predicted molar refractivity (Wildman–Crippen MR) is 94.4 cm³/mol. The molecule has 0 unspecified atom stereocenters. The topological polar surface area (TPSA) is 64.0 Å². The molecule has 1 aromatic carbocycles. The maximum atomic E-state index is 12.1. The van der Waals surface area contributed by atoms with Crippen molar-refractivity contribution in [2.45, 2.75) is 19.9 Å². The largest absolute Gasteiger partial charge is 0.361 e. The molecule has 1 amide bonds. The van der Waals surface area contributed by atoms with Crippen LogP contribution in [0.3, 0.4) is 0 Å². The van der Waals surface area contributed by atoms with E-state index in [4.69, 9.17) is 4.52 Å². The Morgan fingerprint density at radius 1 is 1.16 bits per heavy atom. The van der Waals surface area contributed by atoms with Crippen LogP contribution < -0.4 is 15.1 Å². The summed E-state index contributed by atoms with van der Waals surface area (Å²) in [6, 6.07) is 12.3. The van der Waals surface area contributed by atoms with E-state index in [1.807, 2.05) is 31.2 Å². The third kappa shape index (κ3) is 5.69. The van der Waals surface area contributed by atoms with Gasteiger partial charge in [0.25, 0.3) is 5.91 Å². The number of rotatable bonds is 7. The SMILES string of the molecule is Cc1cc(C[NH+]2CC[NH+](CC(=O)NCCc3ccccc3)CC2)no1. The molecule has 1 aliphatic rings. The molecule has 2 heterocycles. The average Bonchev–Trinajstić information content (AvgIpc) is 3.02. The van der Waals surface area contributed by atoms with Crippen LogP contribution in [-0.2, 0) is 17.8 Å². The summed E-state index contributed by atoms with van der Waals surface area (Å²) in [5.41, 5.74) is 2.28. The number of piperazine rings is 1. The molecule has 1 saturated heterocycles. The molecule has 0 aliphatic carbocycles. The zero-order valence-electron chi connectivity index (χ0n) is 14.9. The number of nitrogens with one attached hydrogen (secondary N) is 3. The van der Waals surface area contributed by atoms with Gasteiger partial charge in [0.15, 0.2) is 6.54 Å². The van der Waals surface area contributed by atoms with Crippen molar-refractivity contribution in [1.29, 1.82) is 0 Å². The third-order valence-corrected chi connectivity index (χ3v) is 4.76. The summed E-state index contributed by atoms with van der Waals surface area (Å²) >= 11 is 0. The van der Waals surface area contributed by atoms with Crippen molar-refractivity contribution in [2.24, 2.45) is 0 Å². The van der Waals surface area contributed by atoms with Crippen LogP contribution in [-0.4, -0.2) is 50.3 Å². The molecule has 1 aromatic heterocycles. The molecule has 3 N–H and O–H groups in total. The van der Waals surface area contributed by atoms with Crippen LogP contribution in [0.1, 0.15) is 17.0 Å². The molecule has 3 rings (SSSR count). The lowest BCUT2D eigenvalue weighted by Crippen LogP contribution is -3.28. The number of carbonyl (C=O) groups excluding carboxylic acids is 1. The van der Waals surface area contributed by atoms with Gasteiger partial charge in [0, 0.05) is 12.6 Å². The highest BCUT2D eigenvalue weighted by Gasteiger charge is 2.25. The Morgan fingerprint density at radius 2 is 1.88 bits per heavy atom. The first-order valence-electron chi connectivity index (χ1n) is 9.09. The second kappa shape index (κ2) is 8.78. The van der Waals surface area contributed by atoms with Gasteiger partial charge >= 0.3 is 0 Å². The Labute approximate surface area is 148 Å². The van der Waals surface area contributed by atoms with Crippen molar-refractivity contribution < 1.29 is 19.1 Å². The highest BCUT2D eigenvalue weighted by Crippen LogP contribution is 1.99. The van der Waals surface area contributed by atoms with Gasteiger partial charge in [0.2, 0.25) is 0 Å². The van der Waals surface area contributed by atoms with Crippen LogP contribution in [0, 0.1) is 6.92 Å². The second-order valence-electron chi connectivity index (χ2n) is 6.87. The summed E-state index contributed by atoms with van der Waals surface area (Å²) in [4.78, 5) is 15.0. The minimum Gasteiger partial charge on any atom is -0.361 e. The highest BCUT2D eigenvalue weighted by molar-refractivity contribution is 5.76. The van der Waals surface area contributed by atoms with Crippen LogP contribution in [0.5, 0.6) is 0 Å². The Hall–Kier alpha value is -2.18. The van der Waals surface area contributed by atoms with Gasteiger partial charge in [-0.05, 0) is 18.9 Å². The Kier molecular flexibility index (Phi) is 6.19. The molecular weight excluding hydrogens is 316 g/mol. The first-order chi connectivity index (χ1) is 12.2. The van der Waals surface area contributed by atoms with E-state index < -0.39 is 0 Å². The number of benzene rings is 1. The van der Waals surface area contributed by atoms with Crippen LogP contribution in [0.2, 0.25) is 0 Å². The molecule has 0 saturated carbocycles. The van der Waals surface area contributed by atoms with E-state index in [-0.39, 0.29) is 5.91 Å². The summed E-state index contributed by atoms with van der Waals surface area (Å²) in [5, 5.41) is 7.11. The van der Waals surface area contributed by atoms with Crippen molar-refractivity contribution in [3.63, 3.8) is 0 Å². The lowest BCUT2D eigenvalue weighted by atomic mass is 10.1. The fraction of sp³-hybridized carbons (Fsp3) is 0.474. The van der Waals surface area contributed by atoms with Crippen LogP contribution in [0.25, 0.3) is 0 Å². The number of nitrogens with zero attached hydrogens (tertiary/aromatic N) is 1. The van der Waals surface area contributed by atoms with Crippen molar-refractivity contribution in [2.75, 3.05) is 39.3 Å². The van der Waals surface area contributed by atoms with E-state index >= 15 is 0 Å². The fourth-order valence-corrected chi connectivity index (χ4v) is 3.35. The number of quaternary nitrogens is 2. The third-order valence-electron chi connectivity index (χ3n) is 4.76. The summed E-state index contributed by atoms with van der Waals surface area (Å²) < 4.78 is 5.13. The first kappa shape index (κ1) is 17.6. The van der Waals surface area contributed by atoms with E-state index in [1.54, 1.807) is 0 Å². The predicted octanol–water partition coefficient (Wildman–Crippen LogP) is -1.37.